The third-order valence-electron chi connectivity index (χ3n) is 13.6. The highest BCUT2D eigenvalue weighted by atomic mass is 79.9. The van der Waals surface area contributed by atoms with Crippen LogP contribution in [0.25, 0.3) is 0 Å². The van der Waals surface area contributed by atoms with Crippen molar-refractivity contribution in [2.45, 2.75) is 128 Å². The van der Waals surface area contributed by atoms with Crippen LogP contribution < -0.4 is 52.9 Å². The number of hydrogen-bond acceptors (Lipinski definition) is 10. The molecule has 0 N–H and O–H groups in total. The molecule has 1 aliphatic carbocycles. The van der Waals surface area contributed by atoms with Crippen LogP contribution in [0.3, 0.4) is 0 Å². The van der Waals surface area contributed by atoms with Crippen LogP contribution in [-0.4, -0.2) is 97.5 Å². The van der Waals surface area contributed by atoms with E-state index in [1.165, 1.54) is 13.8 Å². The number of ether oxygens (including phenoxy) is 6. The third kappa shape index (κ3) is 8.78. The molecule has 0 aromatic heterocycles. The van der Waals surface area contributed by atoms with Gasteiger partial charge in [0, 0.05) is 76.3 Å². The maximum atomic E-state index is 13.5. The second-order valence-electron chi connectivity index (χ2n) is 16.8. The van der Waals surface area contributed by atoms with Gasteiger partial charge in [-0.1, -0.05) is 0 Å². The smallest absolute Gasteiger partial charge is 0.310 e. The summed E-state index contributed by atoms with van der Waals surface area (Å²) < 4.78 is 35.8. The van der Waals surface area contributed by atoms with Crippen molar-refractivity contribution in [1.29, 1.82) is 0 Å². The molecule has 6 unspecified atom stereocenters. The maximum Gasteiger partial charge on any atom is 0.310 e. The summed E-state index contributed by atoms with van der Waals surface area (Å²) in [5, 5.41) is 0. The molecule has 6 atom stereocenters. The fourth-order valence-electron chi connectivity index (χ4n) is 10.5. The minimum Gasteiger partial charge on any atom is -1.00 e. The van der Waals surface area contributed by atoms with Crippen molar-refractivity contribution in [3.05, 3.63) is 47.5 Å². The molecule has 12 nitrogen and oxygen atoms in total. The average molecular weight is 909 g/mol. The molecule has 7 rings (SSSR count). The first kappa shape index (κ1) is 43.9. The van der Waals surface area contributed by atoms with Crippen LogP contribution in [-0.2, 0) is 41.7 Å². The van der Waals surface area contributed by atoms with Crippen molar-refractivity contribution >= 4 is 23.9 Å². The number of benzene rings is 2. The summed E-state index contributed by atoms with van der Waals surface area (Å²) in [5.41, 5.74) is 2.21. The van der Waals surface area contributed by atoms with Gasteiger partial charge in [-0.25, -0.2) is 0 Å². The minimum absolute atomic E-state index is 0. The molecule has 4 aliphatic heterocycles. The number of carbonyl (C=O) groups excluding carboxylic acids is 4. The second kappa shape index (κ2) is 17.7. The van der Waals surface area contributed by atoms with E-state index in [-0.39, 0.29) is 70.0 Å². The van der Waals surface area contributed by atoms with Crippen LogP contribution >= 0.6 is 0 Å². The molecule has 4 saturated heterocycles. The maximum absolute atomic E-state index is 13.5. The van der Waals surface area contributed by atoms with E-state index >= 15 is 0 Å². The number of hydrogen-bond donors (Lipinski definition) is 0. The molecule has 2 aromatic carbocycles. The number of esters is 4. The molecule has 2 aromatic rings. The first-order valence-electron chi connectivity index (χ1n) is 19.6. The molecular weight excluding hydrogens is 852 g/mol. The normalized spacial score (nSPS) is 32.4. The van der Waals surface area contributed by atoms with Gasteiger partial charge in [-0.05, 0) is 49.2 Å². The molecule has 0 spiro atoms. The van der Waals surface area contributed by atoms with Gasteiger partial charge in [0.15, 0.2) is 23.0 Å². The summed E-state index contributed by atoms with van der Waals surface area (Å²) in [6, 6.07) is 12.9. The van der Waals surface area contributed by atoms with Gasteiger partial charge < -0.3 is 71.4 Å². The van der Waals surface area contributed by atoms with Gasteiger partial charge >= 0.3 is 23.9 Å². The predicted molar refractivity (Wildman–Crippen MR) is 196 cm³/mol. The van der Waals surface area contributed by atoms with Crippen LogP contribution in [0.4, 0.5) is 0 Å². The van der Waals surface area contributed by atoms with Crippen LogP contribution in [0.15, 0.2) is 36.4 Å². The number of rotatable bonds is 12. The number of piperidine rings is 2. The van der Waals surface area contributed by atoms with E-state index in [2.05, 4.69) is 14.1 Å². The topological polar surface area (TPSA) is 124 Å². The average Bonchev–Trinajstić information content (AvgIpc) is 3.32. The first-order chi connectivity index (χ1) is 25.8. The van der Waals surface area contributed by atoms with Crippen LogP contribution in [0, 0.1) is 11.8 Å². The fraction of sp³-hybridized carbons (Fsp3) is 0.619. The minimum atomic E-state index is -0.438. The Labute approximate surface area is 351 Å². The summed E-state index contributed by atoms with van der Waals surface area (Å²) in [4.78, 5) is 50.1. The lowest BCUT2D eigenvalue weighted by Crippen LogP contribution is -3.00. The highest BCUT2D eigenvalue weighted by Crippen LogP contribution is 2.47. The lowest BCUT2D eigenvalue weighted by atomic mass is 9.73. The second-order valence-corrected chi connectivity index (χ2v) is 16.8. The summed E-state index contributed by atoms with van der Waals surface area (Å²) >= 11 is 0. The SMILES string of the molecule is COc1cc(C[N+]2(C)C3CCC2CC(OC(=O)C2CCC2C(=O)OC2CC4CCC(C2)[N+]4(C)Cc2ccc(OC(C)=O)c(OC)c2)C3)ccc1OC(C)=O.[Br-].[Br-]. The van der Waals surface area contributed by atoms with Gasteiger partial charge in [0.05, 0.1) is 64.3 Å². The van der Waals surface area contributed by atoms with Gasteiger partial charge in [0.25, 0.3) is 0 Å². The standard InChI is InChI=1S/C42H56N2O10.2BrH/c1-25(45)51-37-15-7-27(17-39(37)49-5)23-43(3)29-9-10-30(43)20-33(19-29)53-41(47)35-13-14-36(35)42(48)54-34-21-31-11-12-32(22-34)44(31,4)24-28-8-16-38(52-26(2)46)40(18-28)50-6;;/h7-8,15-18,29-36H,9-14,19-24H2,1-6H3;2*1H/q+2;;/p-2. The number of nitrogens with zero attached hydrogens (tertiary/aromatic N) is 2. The summed E-state index contributed by atoms with van der Waals surface area (Å²) in [6.07, 6.45) is 8.52. The number of carbonyl (C=O) groups is 4. The largest absolute Gasteiger partial charge is 1.00 e. The van der Waals surface area contributed by atoms with Gasteiger partial charge in [-0.15, -0.1) is 0 Å². The Bertz CT molecular complexity index is 1630. The molecule has 4 heterocycles. The lowest BCUT2D eigenvalue weighted by Gasteiger charge is -2.47. The third-order valence-corrected chi connectivity index (χ3v) is 13.6. The molecule has 5 aliphatic rings. The van der Waals surface area contributed by atoms with Crippen molar-refractivity contribution < 1.29 is 90.5 Å². The zero-order valence-corrected chi connectivity index (χ0v) is 36.5. The molecule has 308 valence electrons. The molecular formula is C42H56Br2N2O10. The van der Waals surface area contributed by atoms with Gasteiger partial charge in [0.2, 0.25) is 0 Å². The quantitative estimate of drug-likeness (QED) is 0.159. The summed E-state index contributed by atoms with van der Waals surface area (Å²) in [7, 11) is 7.74. The highest BCUT2D eigenvalue weighted by Gasteiger charge is 2.55. The number of methoxy groups -OCH3 is 2. The van der Waals surface area contributed by atoms with Gasteiger partial charge in [-0.3, -0.25) is 19.2 Å². The Morgan fingerprint density at radius 1 is 0.554 bits per heavy atom. The number of quaternary nitrogens is 2. The van der Waals surface area contributed by atoms with Crippen molar-refractivity contribution in [1.82, 2.24) is 0 Å². The lowest BCUT2D eigenvalue weighted by molar-refractivity contribution is -0.961. The number of halogens is 2. The van der Waals surface area contributed by atoms with E-state index < -0.39 is 11.8 Å². The summed E-state index contributed by atoms with van der Waals surface area (Å²) in [6.45, 7) is 4.37. The molecule has 5 fully saturated rings. The highest BCUT2D eigenvalue weighted by molar-refractivity contribution is 5.84. The zero-order chi connectivity index (χ0) is 38.4. The Hall–Kier alpha value is -3.20. The Kier molecular flexibility index (Phi) is 13.9. The molecule has 56 heavy (non-hydrogen) atoms. The monoisotopic (exact) mass is 906 g/mol. The molecule has 0 amide bonds. The van der Waals surface area contributed by atoms with E-state index in [0.29, 0.717) is 60.0 Å². The van der Waals surface area contributed by atoms with E-state index in [9.17, 15) is 19.2 Å². The Morgan fingerprint density at radius 3 is 1.18 bits per heavy atom. The van der Waals surface area contributed by atoms with Gasteiger partial charge in [0.1, 0.15) is 25.3 Å². The van der Waals surface area contributed by atoms with E-state index in [4.69, 9.17) is 28.4 Å². The first-order valence-corrected chi connectivity index (χ1v) is 19.6. The fourth-order valence-corrected chi connectivity index (χ4v) is 10.5. The van der Waals surface area contributed by atoms with E-state index in [1.807, 2.05) is 24.3 Å². The van der Waals surface area contributed by atoms with E-state index in [0.717, 1.165) is 84.5 Å². The van der Waals surface area contributed by atoms with Crippen molar-refractivity contribution in [3.8, 4) is 23.0 Å². The molecule has 4 bridgehead atoms. The summed E-state index contributed by atoms with van der Waals surface area (Å²) in [5.74, 6) is -0.257. The Balaban J connectivity index is 0.00000300. The van der Waals surface area contributed by atoms with E-state index in [1.54, 1.807) is 26.4 Å². The molecule has 1 saturated carbocycles. The van der Waals surface area contributed by atoms with Crippen molar-refractivity contribution in [3.63, 3.8) is 0 Å². The van der Waals surface area contributed by atoms with Crippen molar-refractivity contribution in [2.24, 2.45) is 11.8 Å². The Morgan fingerprint density at radius 2 is 0.893 bits per heavy atom. The van der Waals surface area contributed by atoms with Crippen LogP contribution in [0.1, 0.15) is 89.2 Å². The van der Waals surface area contributed by atoms with Crippen molar-refractivity contribution in [2.75, 3.05) is 28.3 Å². The van der Waals surface area contributed by atoms with Crippen LogP contribution in [0.2, 0.25) is 0 Å². The predicted octanol–water partition coefficient (Wildman–Crippen LogP) is -0.345. The van der Waals surface area contributed by atoms with Gasteiger partial charge in [-0.2, -0.15) is 0 Å². The van der Waals surface area contributed by atoms with Crippen LogP contribution in [0.5, 0.6) is 23.0 Å². The molecule has 14 heteroatoms. The number of fused-ring (bicyclic) bond motifs is 4. The zero-order valence-electron chi connectivity index (χ0n) is 33.3. The molecule has 0 radical (unpaired) electrons.